The van der Waals surface area contributed by atoms with Gasteiger partial charge in [-0.2, -0.15) is 0 Å². The highest BCUT2D eigenvalue weighted by Crippen LogP contribution is 2.25. The van der Waals surface area contributed by atoms with Gasteiger partial charge in [0.05, 0.1) is 14.2 Å². The lowest BCUT2D eigenvalue weighted by Gasteiger charge is -2.31. The third-order valence-corrected chi connectivity index (χ3v) is 4.40. The van der Waals surface area contributed by atoms with E-state index in [1.165, 1.54) is 0 Å². The summed E-state index contributed by atoms with van der Waals surface area (Å²) < 4.78 is 10.6. The summed E-state index contributed by atoms with van der Waals surface area (Å²) in [5, 5.41) is 0. The fraction of sp³-hybridized carbons (Fsp3) is 0.588. The van der Waals surface area contributed by atoms with Crippen LogP contribution in [-0.4, -0.2) is 44.7 Å². The molecule has 1 amide bonds. The number of carbonyl (C=O) groups is 1. The van der Waals surface area contributed by atoms with Crippen LogP contribution in [0.4, 0.5) is 0 Å². The van der Waals surface area contributed by atoms with E-state index in [0.717, 1.165) is 49.5 Å². The molecule has 0 saturated carbocycles. The van der Waals surface area contributed by atoms with Crippen molar-refractivity contribution in [3.63, 3.8) is 0 Å². The molecule has 1 aromatic rings. The molecule has 0 atom stereocenters. The summed E-state index contributed by atoms with van der Waals surface area (Å²) in [5.74, 6) is 2.37. The number of likely N-dealkylation sites (tertiary alicyclic amines) is 1. The van der Waals surface area contributed by atoms with Crippen LogP contribution < -0.4 is 15.2 Å². The molecule has 22 heavy (non-hydrogen) atoms. The summed E-state index contributed by atoms with van der Waals surface area (Å²) in [6.07, 6.45) is 3.20. The van der Waals surface area contributed by atoms with E-state index in [-0.39, 0.29) is 5.91 Å². The summed E-state index contributed by atoms with van der Waals surface area (Å²) in [7, 11) is 3.28. The SMILES string of the molecule is COc1ccc(OC)c(CCC(=O)N2CCC(CN)CC2)c1. The molecule has 0 unspecified atom stereocenters. The van der Waals surface area contributed by atoms with Gasteiger partial charge in [0.25, 0.3) is 0 Å². The zero-order chi connectivity index (χ0) is 15.9. The van der Waals surface area contributed by atoms with Crippen molar-refractivity contribution >= 4 is 5.91 Å². The molecule has 5 nitrogen and oxygen atoms in total. The maximum Gasteiger partial charge on any atom is 0.222 e. The largest absolute Gasteiger partial charge is 0.497 e. The lowest BCUT2D eigenvalue weighted by Crippen LogP contribution is -2.40. The van der Waals surface area contributed by atoms with Gasteiger partial charge in [-0.1, -0.05) is 0 Å². The van der Waals surface area contributed by atoms with Gasteiger partial charge in [0, 0.05) is 19.5 Å². The smallest absolute Gasteiger partial charge is 0.222 e. The summed E-state index contributed by atoms with van der Waals surface area (Å²) in [6.45, 7) is 2.38. The Morgan fingerprint density at radius 2 is 2.00 bits per heavy atom. The van der Waals surface area contributed by atoms with Crippen LogP contribution in [0, 0.1) is 5.92 Å². The number of nitrogens with zero attached hydrogens (tertiary/aromatic N) is 1. The molecule has 1 aliphatic rings. The number of methoxy groups -OCH3 is 2. The number of carbonyl (C=O) groups excluding carboxylic acids is 1. The molecule has 0 spiro atoms. The standard InChI is InChI=1S/C17H26N2O3/c1-21-15-4-5-16(22-2)14(11-15)3-6-17(20)19-9-7-13(12-18)8-10-19/h4-5,11,13H,3,6-10,12,18H2,1-2H3. The highest BCUT2D eigenvalue weighted by atomic mass is 16.5. The van der Waals surface area contributed by atoms with Gasteiger partial charge in [0.15, 0.2) is 0 Å². The fourth-order valence-corrected chi connectivity index (χ4v) is 2.90. The molecule has 1 fully saturated rings. The predicted octanol–water partition coefficient (Wildman–Crippen LogP) is 1.83. The van der Waals surface area contributed by atoms with Gasteiger partial charge >= 0.3 is 0 Å². The Labute approximate surface area is 132 Å². The molecular weight excluding hydrogens is 280 g/mol. The Bertz CT molecular complexity index is 497. The Morgan fingerprint density at radius 1 is 1.27 bits per heavy atom. The van der Waals surface area contributed by atoms with Gasteiger partial charge in [-0.25, -0.2) is 0 Å². The fourth-order valence-electron chi connectivity index (χ4n) is 2.90. The predicted molar refractivity (Wildman–Crippen MR) is 86.2 cm³/mol. The quantitative estimate of drug-likeness (QED) is 0.871. The Kier molecular flexibility index (Phi) is 6.07. The van der Waals surface area contributed by atoms with Crippen LogP contribution in [0.15, 0.2) is 18.2 Å². The number of hydrogen-bond acceptors (Lipinski definition) is 4. The first kappa shape index (κ1) is 16.6. The van der Waals surface area contributed by atoms with Crippen molar-refractivity contribution in [2.75, 3.05) is 33.9 Å². The molecule has 0 radical (unpaired) electrons. The van der Waals surface area contributed by atoms with Crippen LogP contribution in [0.2, 0.25) is 0 Å². The Morgan fingerprint density at radius 3 is 2.59 bits per heavy atom. The number of hydrogen-bond donors (Lipinski definition) is 1. The minimum Gasteiger partial charge on any atom is -0.497 e. The van der Waals surface area contributed by atoms with Crippen molar-refractivity contribution in [1.82, 2.24) is 4.90 Å². The van der Waals surface area contributed by atoms with E-state index < -0.39 is 0 Å². The highest BCUT2D eigenvalue weighted by Gasteiger charge is 2.21. The summed E-state index contributed by atoms with van der Waals surface area (Å²) in [5.41, 5.74) is 6.70. The molecule has 1 saturated heterocycles. The molecule has 5 heteroatoms. The number of aryl methyl sites for hydroxylation is 1. The average Bonchev–Trinajstić information content (AvgIpc) is 2.59. The number of benzene rings is 1. The lowest BCUT2D eigenvalue weighted by atomic mass is 9.96. The number of nitrogens with two attached hydrogens (primary N) is 1. The third-order valence-electron chi connectivity index (χ3n) is 4.40. The molecule has 0 aliphatic carbocycles. The van der Waals surface area contributed by atoms with Crippen LogP contribution in [0.5, 0.6) is 11.5 Å². The van der Waals surface area contributed by atoms with Crippen molar-refractivity contribution in [1.29, 1.82) is 0 Å². The lowest BCUT2D eigenvalue weighted by molar-refractivity contribution is -0.132. The van der Waals surface area contributed by atoms with Crippen LogP contribution in [0.3, 0.4) is 0 Å². The molecule has 1 heterocycles. The monoisotopic (exact) mass is 306 g/mol. The molecule has 122 valence electrons. The van der Waals surface area contributed by atoms with Gasteiger partial charge < -0.3 is 20.1 Å². The second-order valence-corrected chi connectivity index (χ2v) is 5.74. The van der Waals surface area contributed by atoms with Gasteiger partial charge in [0.1, 0.15) is 11.5 Å². The topological polar surface area (TPSA) is 64.8 Å². The molecule has 0 aromatic heterocycles. The van der Waals surface area contributed by atoms with Crippen molar-refractivity contribution in [3.8, 4) is 11.5 Å². The second-order valence-electron chi connectivity index (χ2n) is 5.74. The van der Waals surface area contributed by atoms with E-state index in [1.54, 1.807) is 14.2 Å². The third kappa shape index (κ3) is 4.13. The second kappa shape index (κ2) is 8.03. The van der Waals surface area contributed by atoms with Crippen molar-refractivity contribution < 1.29 is 14.3 Å². The van der Waals surface area contributed by atoms with Crippen LogP contribution >= 0.6 is 0 Å². The summed E-state index contributed by atoms with van der Waals surface area (Å²) in [6, 6.07) is 5.68. The zero-order valence-electron chi connectivity index (χ0n) is 13.5. The van der Waals surface area contributed by atoms with E-state index >= 15 is 0 Å². The first-order valence-corrected chi connectivity index (χ1v) is 7.86. The molecular formula is C17H26N2O3. The number of ether oxygens (including phenoxy) is 2. The Balaban J connectivity index is 1.91. The molecule has 2 N–H and O–H groups in total. The first-order chi connectivity index (χ1) is 10.7. The molecule has 0 bridgehead atoms. The van der Waals surface area contributed by atoms with Gasteiger partial charge in [-0.15, -0.1) is 0 Å². The minimum absolute atomic E-state index is 0.209. The minimum atomic E-state index is 0.209. The van der Waals surface area contributed by atoms with Crippen LogP contribution in [0.1, 0.15) is 24.8 Å². The number of rotatable bonds is 6. The van der Waals surface area contributed by atoms with Crippen LogP contribution in [-0.2, 0) is 11.2 Å². The van der Waals surface area contributed by atoms with E-state index in [4.69, 9.17) is 15.2 Å². The highest BCUT2D eigenvalue weighted by molar-refractivity contribution is 5.76. The van der Waals surface area contributed by atoms with Crippen molar-refractivity contribution in [2.45, 2.75) is 25.7 Å². The molecule has 2 rings (SSSR count). The number of amides is 1. The van der Waals surface area contributed by atoms with E-state index in [1.807, 2.05) is 23.1 Å². The van der Waals surface area contributed by atoms with E-state index in [9.17, 15) is 4.79 Å². The average molecular weight is 306 g/mol. The van der Waals surface area contributed by atoms with E-state index in [0.29, 0.717) is 18.8 Å². The van der Waals surface area contributed by atoms with Crippen LogP contribution in [0.25, 0.3) is 0 Å². The number of piperidine rings is 1. The van der Waals surface area contributed by atoms with Crippen molar-refractivity contribution in [2.24, 2.45) is 11.7 Å². The normalized spacial score (nSPS) is 15.7. The maximum absolute atomic E-state index is 12.3. The van der Waals surface area contributed by atoms with Gasteiger partial charge in [-0.05, 0) is 55.5 Å². The first-order valence-electron chi connectivity index (χ1n) is 7.86. The van der Waals surface area contributed by atoms with E-state index in [2.05, 4.69) is 0 Å². The van der Waals surface area contributed by atoms with Crippen molar-refractivity contribution in [3.05, 3.63) is 23.8 Å². The maximum atomic E-state index is 12.3. The summed E-state index contributed by atoms with van der Waals surface area (Å²) >= 11 is 0. The summed E-state index contributed by atoms with van der Waals surface area (Å²) in [4.78, 5) is 14.3. The zero-order valence-corrected chi connectivity index (χ0v) is 13.5. The Hall–Kier alpha value is -1.75. The van der Waals surface area contributed by atoms with Gasteiger partial charge in [0.2, 0.25) is 5.91 Å². The van der Waals surface area contributed by atoms with Gasteiger partial charge in [-0.3, -0.25) is 4.79 Å². The molecule has 1 aliphatic heterocycles. The molecule has 1 aromatic carbocycles.